The Bertz CT molecular complexity index is 651. The van der Waals surface area contributed by atoms with Crippen LogP contribution in [-0.4, -0.2) is 53.0 Å². The second-order valence-corrected chi connectivity index (χ2v) is 8.67. The second kappa shape index (κ2) is 7.38. The molecule has 5 rings (SSSR count). The number of amides is 1. The van der Waals surface area contributed by atoms with E-state index in [-0.39, 0.29) is 17.6 Å². The third-order valence-electron chi connectivity index (χ3n) is 6.86. The summed E-state index contributed by atoms with van der Waals surface area (Å²) < 4.78 is 11.7. The lowest BCUT2D eigenvalue weighted by molar-refractivity contribution is -0.486. The number of piperidine rings is 1. The summed E-state index contributed by atoms with van der Waals surface area (Å²) in [5, 5.41) is 16.0. The normalized spacial score (nSPS) is 39.2. The summed E-state index contributed by atoms with van der Waals surface area (Å²) in [6.07, 6.45) is 5.87. The molecule has 4 saturated carbocycles. The molecule has 4 aliphatic carbocycles. The molecule has 0 aromatic heterocycles. The highest BCUT2D eigenvalue weighted by Crippen LogP contribution is 2.61. The summed E-state index contributed by atoms with van der Waals surface area (Å²) in [7, 11) is 0. The maximum absolute atomic E-state index is 12.7. The fraction of sp³-hybridized carbons (Fsp3) is 0.889. The molecular formula is C18H29N5O5. The van der Waals surface area contributed by atoms with Crippen LogP contribution < -0.4 is 11.1 Å². The van der Waals surface area contributed by atoms with Gasteiger partial charge in [-0.2, -0.15) is 0 Å². The van der Waals surface area contributed by atoms with Crippen LogP contribution in [0, 0.1) is 27.9 Å². The lowest BCUT2D eigenvalue weighted by Crippen LogP contribution is -2.60. The van der Waals surface area contributed by atoms with E-state index in [2.05, 4.69) is 10.4 Å². The predicted molar refractivity (Wildman–Crippen MR) is 99.7 cm³/mol. The van der Waals surface area contributed by atoms with Crippen LogP contribution >= 0.6 is 0 Å². The molecule has 0 aromatic carbocycles. The molecule has 4 atom stereocenters. The van der Waals surface area contributed by atoms with Crippen LogP contribution in [0.1, 0.15) is 51.9 Å². The molecule has 1 heterocycles. The van der Waals surface area contributed by atoms with Crippen LogP contribution in [-0.2, 0) is 9.47 Å². The number of nitrogens with two attached hydrogens (primary N) is 1. The molecule has 4 unspecified atom stereocenters. The highest BCUT2D eigenvalue weighted by atomic mass is 16.7. The van der Waals surface area contributed by atoms with Gasteiger partial charge in [0.15, 0.2) is 11.3 Å². The standard InChI is InChI=1S/C18H29N5O5/c1-2-27-15-14(4-3-5-22(15)16(19)21-23(25)26)20-17(24)28-18-8-11-6-12(9-18)13(7-11)10-18/h11-15H,2-10H2,1H3,(H2,19,21)(H,20,24). The molecule has 10 nitrogen and oxygen atoms in total. The maximum atomic E-state index is 12.7. The number of likely N-dealkylation sites (tertiary alicyclic amines) is 1. The van der Waals surface area contributed by atoms with Crippen molar-refractivity contribution >= 4 is 12.1 Å². The molecule has 0 radical (unpaired) electrons. The Labute approximate surface area is 163 Å². The number of carbonyl (C=O) groups excluding carboxylic acids is 1. The number of hydrogen-bond acceptors (Lipinski definition) is 5. The van der Waals surface area contributed by atoms with Crippen LogP contribution in [0.15, 0.2) is 5.10 Å². The Morgan fingerprint density at radius 3 is 2.68 bits per heavy atom. The number of nitrogens with one attached hydrogen (secondary N) is 1. The summed E-state index contributed by atoms with van der Waals surface area (Å²) in [5.41, 5.74) is 5.49. The monoisotopic (exact) mass is 395 g/mol. The molecule has 0 aromatic rings. The summed E-state index contributed by atoms with van der Waals surface area (Å²) in [6, 6.07) is -0.367. The second-order valence-electron chi connectivity index (χ2n) is 8.67. The number of nitrogens with zero attached hydrogens (tertiary/aromatic N) is 3. The van der Waals surface area contributed by atoms with Gasteiger partial charge in [-0.05, 0) is 69.6 Å². The number of carbonyl (C=O) groups is 1. The molecule has 5 aliphatic rings. The fourth-order valence-corrected chi connectivity index (χ4v) is 6.11. The maximum Gasteiger partial charge on any atom is 0.408 e. The topological polar surface area (TPSA) is 132 Å². The summed E-state index contributed by atoms with van der Waals surface area (Å²) in [5.74, 6) is 1.91. The minimum absolute atomic E-state index is 0.215. The lowest BCUT2D eigenvalue weighted by Gasteiger charge is -2.42. The highest BCUT2D eigenvalue weighted by Gasteiger charge is 2.58. The van der Waals surface area contributed by atoms with Crippen LogP contribution in [0.5, 0.6) is 0 Å². The summed E-state index contributed by atoms with van der Waals surface area (Å²) in [6.45, 7) is 2.69. The first-order valence-corrected chi connectivity index (χ1v) is 10.3. The van der Waals surface area contributed by atoms with E-state index < -0.39 is 17.4 Å². The van der Waals surface area contributed by atoms with Gasteiger partial charge < -0.3 is 25.4 Å². The number of hydrazone groups is 1. The number of guanidine groups is 1. The first kappa shape index (κ1) is 19.2. The van der Waals surface area contributed by atoms with Gasteiger partial charge >= 0.3 is 6.09 Å². The average molecular weight is 395 g/mol. The van der Waals surface area contributed by atoms with Crippen molar-refractivity contribution in [3.05, 3.63) is 10.1 Å². The van der Waals surface area contributed by atoms with Crippen molar-refractivity contribution in [2.24, 2.45) is 28.6 Å². The number of ether oxygens (including phenoxy) is 2. The third-order valence-corrected chi connectivity index (χ3v) is 6.86. The molecule has 28 heavy (non-hydrogen) atoms. The Morgan fingerprint density at radius 2 is 2.07 bits per heavy atom. The van der Waals surface area contributed by atoms with Crippen molar-refractivity contribution in [2.45, 2.75) is 69.7 Å². The molecule has 5 fully saturated rings. The highest BCUT2D eigenvalue weighted by molar-refractivity contribution is 5.78. The Morgan fingerprint density at radius 1 is 1.36 bits per heavy atom. The summed E-state index contributed by atoms with van der Waals surface area (Å²) >= 11 is 0. The quantitative estimate of drug-likeness (QED) is 0.313. The van der Waals surface area contributed by atoms with Gasteiger partial charge in [-0.1, -0.05) is 0 Å². The molecule has 1 aliphatic heterocycles. The molecule has 1 amide bonds. The first-order chi connectivity index (χ1) is 13.4. The molecule has 0 spiro atoms. The minimum Gasteiger partial charge on any atom is -0.443 e. The van der Waals surface area contributed by atoms with Gasteiger partial charge in [0.2, 0.25) is 0 Å². The Hall–Kier alpha value is -2.10. The van der Waals surface area contributed by atoms with E-state index in [4.69, 9.17) is 15.2 Å². The van der Waals surface area contributed by atoms with E-state index in [1.54, 1.807) is 4.90 Å². The molecule has 10 heteroatoms. The third kappa shape index (κ3) is 3.61. The van der Waals surface area contributed by atoms with Crippen LogP contribution in [0.4, 0.5) is 4.79 Å². The average Bonchev–Trinajstić information content (AvgIpc) is 3.02. The molecule has 4 bridgehead atoms. The van der Waals surface area contributed by atoms with Crippen molar-refractivity contribution in [1.82, 2.24) is 10.2 Å². The van der Waals surface area contributed by atoms with Crippen molar-refractivity contribution < 1.29 is 19.3 Å². The van der Waals surface area contributed by atoms with Gasteiger partial charge in [0.1, 0.15) is 10.7 Å². The van der Waals surface area contributed by atoms with Crippen LogP contribution in [0.2, 0.25) is 0 Å². The molecule has 3 N–H and O–H groups in total. The fourth-order valence-electron chi connectivity index (χ4n) is 6.11. The Balaban J connectivity index is 1.41. The minimum atomic E-state index is -0.826. The summed E-state index contributed by atoms with van der Waals surface area (Å²) in [4.78, 5) is 24.9. The molecular weight excluding hydrogens is 366 g/mol. The van der Waals surface area contributed by atoms with E-state index in [9.17, 15) is 14.9 Å². The lowest BCUT2D eigenvalue weighted by atomic mass is 9.78. The molecule has 156 valence electrons. The predicted octanol–water partition coefficient (Wildman–Crippen LogP) is 1.62. The zero-order valence-electron chi connectivity index (χ0n) is 16.2. The van der Waals surface area contributed by atoms with Crippen molar-refractivity contribution in [3.63, 3.8) is 0 Å². The first-order valence-electron chi connectivity index (χ1n) is 10.3. The van der Waals surface area contributed by atoms with Gasteiger partial charge in [0, 0.05) is 13.2 Å². The van der Waals surface area contributed by atoms with Crippen molar-refractivity contribution in [1.29, 1.82) is 0 Å². The van der Waals surface area contributed by atoms with E-state index in [1.165, 1.54) is 12.8 Å². The van der Waals surface area contributed by atoms with Crippen LogP contribution in [0.3, 0.4) is 0 Å². The van der Waals surface area contributed by atoms with Gasteiger partial charge in [0.05, 0.1) is 6.04 Å². The van der Waals surface area contributed by atoms with E-state index in [1.807, 2.05) is 6.92 Å². The van der Waals surface area contributed by atoms with Gasteiger partial charge in [-0.3, -0.25) is 0 Å². The van der Waals surface area contributed by atoms with E-state index >= 15 is 0 Å². The number of rotatable bonds is 5. The molecule has 1 saturated heterocycles. The van der Waals surface area contributed by atoms with E-state index in [0.717, 1.165) is 19.3 Å². The van der Waals surface area contributed by atoms with E-state index in [0.29, 0.717) is 43.7 Å². The van der Waals surface area contributed by atoms with Gasteiger partial charge in [0.25, 0.3) is 5.96 Å². The van der Waals surface area contributed by atoms with Crippen molar-refractivity contribution in [3.8, 4) is 0 Å². The SMILES string of the molecule is CCOC1C(NC(=O)OC23CC4CC(C2)C(C4)C3)CCCN1/C(N)=N/[N+](=O)[O-]. The Kier molecular flexibility index (Phi) is 5.07. The van der Waals surface area contributed by atoms with Gasteiger partial charge in [-0.25, -0.2) is 14.9 Å². The number of nitro groups is 1. The zero-order valence-corrected chi connectivity index (χ0v) is 16.2. The number of alkyl carbamates (subject to hydrolysis) is 1. The number of hydrogen-bond donors (Lipinski definition) is 2. The smallest absolute Gasteiger partial charge is 0.408 e. The van der Waals surface area contributed by atoms with Crippen LogP contribution in [0.25, 0.3) is 0 Å². The van der Waals surface area contributed by atoms with Gasteiger partial charge in [-0.15, -0.1) is 0 Å². The van der Waals surface area contributed by atoms with Crippen molar-refractivity contribution in [2.75, 3.05) is 13.2 Å². The largest absolute Gasteiger partial charge is 0.443 e. The zero-order chi connectivity index (χ0) is 19.9.